The van der Waals surface area contributed by atoms with Gasteiger partial charge in [-0.15, -0.1) is 0 Å². The molecule has 0 radical (unpaired) electrons. The summed E-state index contributed by atoms with van der Waals surface area (Å²) in [7, 11) is 0. The summed E-state index contributed by atoms with van der Waals surface area (Å²) in [6.45, 7) is 10.6. The molecule has 1 nitrogen and oxygen atoms in total. The third-order valence-electron chi connectivity index (χ3n) is 6.83. The van der Waals surface area contributed by atoms with Crippen molar-refractivity contribution in [3.05, 3.63) is 0 Å². The molecule has 0 spiro atoms. The minimum Gasteiger partial charge on any atom is -0.314 e. The summed E-state index contributed by atoms with van der Waals surface area (Å²) in [5, 5.41) is 0. The van der Waals surface area contributed by atoms with E-state index in [4.69, 9.17) is 0 Å². The lowest BCUT2D eigenvalue weighted by Gasteiger charge is -2.18. The first-order chi connectivity index (χ1) is 13.3. The van der Waals surface area contributed by atoms with E-state index in [2.05, 4.69) is 13.8 Å². The number of nitrogens with zero attached hydrogens (tertiary/aromatic N) is 1. The Bertz CT molecular complexity index is 269. The first-order valence-corrected chi connectivity index (χ1v) is 13.2. The quantitative estimate of drug-likeness (QED) is 0.100. The largest absolute Gasteiger partial charge is 0.314 e. The van der Waals surface area contributed by atoms with Crippen LogP contribution in [0.15, 0.2) is 0 Å². The van der Waals surface area contributed by atoms with Crippen molar-refractivity contribution >= 4 is 0 Å². The van der Waals surface area contributed by atoms with E-state index in [0.29, 0.717) is 0 Å². The zero-order valence-corrected chi connectivity index (χ0v) is 19.4. The Labute approximate surface area is 173 Å². The second-order valence-electron chi connectivity index (χ2n) is 9.60. The molecule has 1 aliphatic rings. The van der Waals surface area contributed by atoms with E-state index in [0.717, 1.165) is 0 Å². The van der Waals surface area contributed by atoms with Crippen LogP contribution in [0.3, 0.4) is 0 Å². The molecule has 1 fully saturated rings. The topological polar surface area (TPSA) is 0 Å². The highest BCUT2D eigenvalue weighted by Crippen LogP contribution is 2.24. The second kappa shape index (κ2) is 18.0. The van der Waals surface area contributed by atoms with Crippen molar-refractivity contribution in [2.45, 2.75) is 142 Å². The normalized spacial score (nSPS) is 15.3. The van der Waals surface area contributed by atoms with Gasteiger partial charge < -0.3 is 4.48 Å². The molecule has 0 aromatic heterocycles. The van der Waals surface area contributed by atoms with E-state index in [1.807, 2.05) is 0 Å². The van der Waals surface area contributed by atoms with E-state index in [1.165, 1.54) is 159 Å². The summed E-state index contributed by atoms with van der Waals surface area (Å²) >= 11 is 0. The lowest BCUT2D eigenvalue weighted by molar-refractivity contribution is -0.800. The molecule has 1 heterocycles. The molecule has 27 heavy (non-hydrogen) atoms. The molecule has 0 unspecified atom stereocenters. The van der Waals surface area contributed by atoms with Gasteiger partial charge in [-0.2, -0.15) is 0 Å². The standard InChI is InChI=1S/C26H54N/c1-3-5-7-9-11-13-15-17-19-21-23-27(25-26-27)24-22-20-18-16-14-12-10-8-6-4-2/h3-26H2,1-2H3/q+1. The molecule has 0 aliphatic carbocycles. The Morgan fingerprint density at radius 3 is 0.889 bits per heavy atom. The zero-order valence-electron chi connectivity index (χ0n) is 19.4. The zero-order chi connectivity index (χ0) is 19.5. The molecule has 1 saturated heterocycles. The molecule has 0 atom stereocenters. The third kappa shape index (κ3) is 15.5. The summed E-state index contributed by atoms with van der Waals surface area (Å²) in [6, 6.07) is 0. The van der Waals surface area contributed by atoms with Gasteiger partial charge in [-0.25, -0.2) is 0 Å². The van der Waals surface area contributed by atoms with Crippen LogP contribution >= 0.6 is 0 Å². The average molecular weight is 381 g/mol. The van der Waals surface area contributed by atoms with Gasteiger partial charge in [-0.05, 0) is 25.7 Å². The molecule has 0 amide bonds. The summed E-state index contributed by atoms with van der Waals surface area (Å²) in [5.74, 6) is 0. The van der Waals surface area contributed by atoms with Crippen molar-refractivity contribution in [1.82, 2.24) is 0 Å². The van der Waals surface area contributed by atoms with E-state index < -0.39 is 0 Å². The van der Waals surface area contributed by atoms with Gasteiger partial charge in [0.2, 0.25) is 0 Å². The molecule has 0 N–H and O–H groups in total. The van der Waals surface area contributed by atoms with Gasteiger partial charge in [-0.3, -0.25) is 0 Å². The Hall–Kier alpha value is -0.0400. The smallest absolute Gasteiger partial charge is 0.129 e. The van der Waals surface area contributed by atoms with Crippen LogP contribution in [0.5, 0.6) is 0 Å². The van der Waals surface area contributed by atoms with Gasteiger partial charge in [0.1, 0.15) is 13.1 Å². The number of hydrogen-bond donors (Lipinski definition) is 0. The van der Waals surface area contributed by atoms with Crippen LogP contribution in [0.1, 0.15) is 142 Å². The van der Waals surface area contributed by atoms with Crippen LogP contribution < -0.4 is 0 Å². The van der Waals surface area contributed by atoms with Crippen LogP contribution in [-0.2, 0) is 0 Å². The van der Waals surface area contributed by atoms with Gasteiger partial charge >= 0.3 is 0 Å². The fourth-order valence-electron chi connectivity index (χ4n) is 4.57. The number of unbranched alkanes of at least 4 members (excludes halogenated alkanes) is 18. The van der Waals surface area contributed by atoms with Crippen molar-refractivity contribution in [3.63, 3.8) is 0 Å². The Kier molecular flexibility index (Phi) is 16.7. The molecular formula is C26H54N+. The molecule has 0 bridgehead atoms. The van der Waals surface area contributed by atoms with E-state index in [9.17, 15) is 0 Å². The average Bonchev–Trinajstić information content (AvgIpc) is 3.45. The fourth-order valence-corrected chi connectivity index (χ4v) is 4.57. The lowest BCUT2D eigenvalue weighted by Crippen LogP contribution is -2.28. The number of rotatable bonds is 22. The van der Waals surface area contributed by atoms with Gasteiger partial charge in [-0.1, -0.05) is 117 Å². The van der Waals surface area contributed by atoms with E-state index in [-0.39, 0.29) is 0 Å². The maximum absolute atomic E-state index is 2.31. The highest BCUT2D eigenvalue weighted by Gasteiger charge is 2.40. The summed E-state index contributed by atoms with van der Waals surface area (Å²) in [6.07, 6.45) is 29.4. The molecule has 0 aromatic carbocycles. The van der Waals surface area contributed by atoms with Gasteiger partial charge in [0.15, 0.2) is 0 Å². The Morgan fingerprint density at radius 2 is 0.630 bits per heavy atom. The van der Waals surface area contributed by atoms with E-state index >= 15 is 0 Å². The second-order valence-corrected chi connectivity index (χ2v) is 9.60. The number of hydrogen-bond acceptors (Lipinski definition) is 0. The predicted molar refractivity (Wildman–Crippen MR) is 123 cm³/mol. The summed E-state index contributed by atoms with van der Waals surface area (Å²) < 4.78 is 1.49. The van der Waals surface area contributed by atoms with Gasteiger partial charge in [0.25, 0.3) is 0 Å². The van der Waals surface area contributed by atoms with E-state index in [1.54, 1.807) is 0 Å². The molecule has 1 rings (SSSR count). The van der Waals surface area contributed by atoms with Crippen molar-refractivity contribution in [2.75, 3.05) is 26.2 Å². The van der Waals surface area contributed by atoms with Crippen LogP contribution in [-0.4, -0.2) is 30.7 Å². The lowest BCUT2D eigenvalue weighted by atomic mass is 10.1. The van der Waals surface area contributed by atoms with Crippen molar-refractivity contribution in [1.29, 1.82) is 0 Å². The SMILES string of the molecule is CCCCCCCCCCCC[N+]1(CCCCCCCCCCCC)CC1. The summed E-state index contributed by atoms with van der Waals surface area (Å²) in [4.78, 5) is 0. The highest BCUT2D eigenvalue weighted by molar-refractivity contribution is 4.59. The third-order valence-corrected chi connectivity index (χ3v) is 6.83. The van der Waals surface area contributed by atoms with Crippen LogP contribution in [0.2, 0.25) is 0 Å². The van der Waals surface area contributed by atoms with Gasteiger partial charge in [0, 0.05) is 0 Å². The minimum atomic E-state index is 1.37. The van der Waals surface area contributed by atoms with Crippen molar-refractivity contribution in [2.24, 2.45) is 0 Å². The Morgan fingerprint density at radius 1 is 0.370 bits per heavy atom. The molecule has 162 valence electrons. The summed E-state index contributed by atoms with van der Waals surface area (Å²) in [5.41, 5.74) is 0. The van der Waals surface area contributed by atoms with Crippen LogP contribution in [0, 0.1) is 0 Å². The minimum absolute atomic E-state index is 1.37. The molecule has 1 heteroatoms. The molecule has 0 aromatic rings. The fraction of sp³-hybridized carbons (Fsp3) is 1.00. The first kappa shape index (κ1) is 25.0. The van der Waals surface area contributed by atoms with Crippen LogP contribution in [0.25, 0.3) is 0 Å². The maximum atomic E-state index is 2.31. The Balaban J connectivity index is 1.79. The molecule has 0 saturated carbocycles. The van der Waals surface area contributed by atoms with Crippen LogP contribution in [0.4, 0.5) is 0 Å². The van der Waals surface area contributed by atoms with Gasteiger partial charge in [0.05, 0.1) is 13.1 Å². The predicted octanol–water partition coefficient (Wildman–Crippen LogP) is 8.66. The highest BCUT2D eigenvalue weighted by atomic mass is 15.5. The molecule has 1 aliphatic heterocycles. The maximum Gasteiger partial charge on any atom is 0.129 e. The first-order valence-electron chi connectivity index (χ1n) is 13.2. The monoisotopic (exact) mass is 380 g/mol. The van der Waals surface area contributed by atoms with Crippen molar-refractivity contribution < 1.29 is 4.48 Å². The van der Waals surface area contributed by atoms with Crippen molar-refractivity contribution in [3.8, 4) is 0 Å². The number of quaternary nitrogens is 1. The molecular weight excluding hydrogens is 326 g/mol.